The van der Waals surface area contributed by atoms with E-state index in [1.54, 1.807) is 43.8 Å². The molecule has 0 bridgehead atoms. The molecule has 0 saturated carbocycles. The topological polar surface area (TPSA) is 63.7 Å². The Labute approximate surface area is 174 Å². The maximum absolute atomic E-state index is 12.7. The summed E-state index contributed by atoms with van der Waals surface area (Å²) >= 11 is 1.75. The zero-order valence-corrected chi connectivity index (χ0v) is 17.5. The number of hydrogen-bond acceptors (Lipinski definition) is 6. The fourth-order valence-corrected chi connectivity index (χ4v) is 4.74. The normalized spacial score (nSPS) is 14.8. The second kappa shape index (κ2) is 8.69. The van der Waals surface area contributed by atoms with E-state index < -0.39 is 0 Å². The lowest BCUT2D eigenvalue weighted by Gasteiger charge is -2.31. The van der Waals surface area contributed by atoms with Crippen LogP contribution in [0.15, 0.2) is 42.5 Å². The highest BCUT2D eigenvalue weighted by atomic mass is 32.1. The largest absolute Gasteiger partial charge is 0.493 e. The van der Waals surface area contributed by atoms with Crippen LogP contribution in [-0.4, -0.2) is 44.7 Å². The van der Waals surface area contributed by atoms with E-state index >= 15 is 0 Å². The van der Waals surface area contributed by atoms with E-state index in [0.29, 0.717) is 29.5 Å². The van der Waals surface area contributed by atoms with Crippen molar-refractivity contribution in [1.29, 1.82) is 0 Å². The average Bonchev–Trinajstić information content (AvgIpc) is 3.21. The molecule has 1 N–H and O–H groups in total. The van der Waals surface area contributed by atoms with Crippen molar-refractivity contribution in [2.75, 3.05) is 38.8 Å². The molecule has 3 aromatic rings. The first-order chi connectivity index (χ1) is 14.2. The fraction of sp³-hybridized carbons (Fsp3) is 0.364. The van der Waals surface area contributed by atoms with E-state index in [0.717, 1.165) is 36.6 Å². The Morgan fingerprint density at radius 2 is 1.93 bits per heavy atom. The highest BCUT2D eigenvalue weighted by Gasteiger charge is 2.23. The Morgan fingerprint density at radius 1 is 1.14 bits per heavy atom. The molecule has 1 aromatic heterocycles. The summed E-state index contributed by atoms with van der Waals surface area (Å²) in [5.41, 5.74) is 1.56. The van der Waals surface area contributed by atoms with E-state index in [1.165, 1.54) is 4.70 Å². The average molecular weight is 412 g/mol. The highest BCUT2D eigenvalue weighted by molar-refractivity contribution is 7.22. The van der Waals surface area contributed by atoms with Crippen LogP contribution in [0.25, 0.3) is 10.2 Å². The number of hydrogen-bond donors (Lipinski definition) is 1. The molecular formula is C22H25N3O3S. The third kappa shape index (κ3) is 4.15. The van der Waals surface area contributed by atoms with Crippen molar-refractivity contribution >= 4 is 32.6 Å². The quantitative estimate of drug-likeness (QED) is 0.665. The Morgan fingerprint density at radius 3 is 2.66 bits per heavy atom. The molecular weight excluding hydrogens is 386 g/mol. The molecule has 1 aliphatic heterocycles. The van der Waals surface area contributed by atoms with Gasteiger partial charge in [-0.1, -0.05) is 29.5 Å². The molecule has 4 rings (SSSR count). The number of amides is 1. The number of thiazole rings is 1. The minimum Gasteiger partial charge on any atom is -0.493 e. The van der Waals surface area contributed by atoms with Gasteiger partial charge < -0.3 is 19.7 Å². The molecule has 1 aliphatic rings. The van der Waals surface area contributed by atoms with Crippen molar-refractivity contribution in [3.8, 4) is 11.5 Å². The van der Waals surface area contributed by atoms with Gasteiger partial charge in [0, 0.05) is 19.6 Å². The molecule has 0 aliphatic carbocycles. The number of methoxy groups -OCH3 is 2. The van der Waals surface area contributed by atoms with Gasteiger partial charge in [-0.25, -0.2) is 4.98 Å². The second-order valence-corrected chi connectivity index (χ2v) is 8.15. The Kier molecular flexibility index (Phi) is 5.85. The van der Waals surface area contributed by atoms with Gasteiger partial charge in [0.25, 0.3) is 5.91 Å². The van der Waals surface area contributed by atoms with E-state index in [9.17, 15) is 4.79 Å². The molecule has 1 saturated heterocycles. The van der Waals surface area contributed by atoms with E-state index in [-0.39, 0.29) is 5.91 Å². The number of nitrogens with zero attached hydrogens (tertiary/aromatic N) is 2. The predicted octanol–water partition coefficient (Wildman–Crippen LogP) is 3.96. The van der Waals surface area contributed by atoms with Gasteiger partial charge in [-0.2, -0.15) is 0 Å². The molecule has 1 amide bonds. The lowest BCUT2D eigenvalue weighted by Crippen LogP contribution is -2.38. The molecule has 0 spiro atoms. The summed E-state index contributed by atoms with van der Waals surface area (Å²) in [7, 11) is 3.12. The molecule has 0 radical (unpaired) electrons. The summed E-state index contributed by atoms with van der Waals surface area (Å²) in [4.78, 5) is 19.8. The SMILES string of the molecule is COc1cccc(C(=O)NCC2CCN(c3nc4ccccc4s3)CC2)c1OC. The summed E-state index contributed by atoms with van der Waals surface area (Å²) in [6.07, 6.45) is 2.07. The lowest BCUT2D eigenvalue weighted by molar-refractivity contribution is 0.0941. The van der Waals surface area contributed by atoms with E-state index in [2.05, 4.69) is 28.4 Å². The van der Waals surface area contributed by atoms with Gasteiger partial charge in [-0.05, 0) is 43.0 Å². The minimum absolute atomic E-state index is 0.130. The van der Waals surface area contributed by atoms with Crippen LogP contribution < -0.4 is 19.7 Å². The summed E-state index contributed by atoms with van der Waals surface area (Å²) in [5.74, 6) is 1.36. The number of fused-ring (bicyclic) bond motifs is 1. The van der Waals surface area contributed by atoms with Crippen LogP contribution in [0.4, 0.5) is 5.13 Å². The van der Waals surface area contributed by atoms with Crippen molar-refractivity contribution < 1.29 is 14.3 Å². The first kappa shape index (κ1) is 19.5. The van der Waals surface area contributed by atoms with Gasteiger partial charge in [-0.15, -0.1) is 0 Å². The van der Waals surface area contributed by atoms with Crippen molar-refractivity contribution in [2.45, 2.75) is 12.8 Å². The lowest BCUT2D eigenvalue weighted by atomic mass is 9.97. The zero-order chi connectivity index (χ0) is 20.2. The van der Waals surface area contributed by atoms with Crippen LogP contribution in [0, 0.1) is 5.92 Å². The fourth-order valence-electron chi connectivity index (χ4n) is 3.72. The summed E-state index contributed by atoms with van der Waals surface area (Å²) in [6, 6.07) is 13.6. The second-order valence-electron chi connectivity index (χ2n) is 7.15. The Bertz CT molecular complexity index is 963. The monoisotopic (exact) mass is 411 g/mol. The molecule has 2 aromatic carbocycles. The summed E-state index contributed by atoms with van der Waals surface area (Å²) < 4.78 is 11.9. The molecule has 0 unspecified atom stereocenters. The summed E-state index contributed by atoms with van der Waals surface area (Å²) in [6.45, 7) is 2.58. The van der Waals surface area contributed by atoms with Gasteiger partial charge >= 0.3 is 0 Å². The highest BCUT2D eigenvalue weighted by Crippen LogP contribution is 2.32. The number of nitrogens with one attached hydrogen (secondary N) is 1. The third-order valence-electron chi connectivity index (χ3n) is 5.37. The van der Waals surface area contributed by atoms with Gasteiger partial charge in [0.15, 0.2) is 16.6 Å². The van der Waals surface area contributed by atoms with E-state index in [4.69, 9.17) is 14.5 Å². The first-order valence-electron chi connectivity index (χ1n) is 9.79. The molecule has 2 heterocycles. The molecule has 152 valence electrons. The molecule has 6 nitrogen and oxygen atoms in total. The van der Waals surface area contributed by atoms with Crippen LogP contribution in [0.5, 0.6) is 11.5 Å². The number of para-hydroxylation sites is 2. The van der Waals surface area contributed by atoms with Crippen molar-refractivity contribution in [1.82, 2.24) is 10.3 Å². The number of aromatic nitrogens is 1. The number of carbonyl (C=O) groups is 1. The van der Waals surface area contributed by atoms with Crippen molar-refractivity contribution in [2.24, 2.45) is 5.92 Å². The van der Waals surface area contributed by atoms with Gasteiger partial charge in [0.1, 0.15) is 0 Å². The van der Waals surface area contributed by atoms with Crippen LogP contribution in [0.1, 0.15) is 23.2 Å². The number of anilines is 1. The molecule has 7 heteroatoms. The van der Waals surface area contributed by atoms with E-state index in [1.807, 2.05) is 6.07 Å². The van der Waals surface area contributed by atoms with Crippen LogP contribution in [-0.2, 0) is 0 Å². The first-order valence-corrected chi connectivity index (χ1v) is 10.6. The zero-order valence-electron chi connectivity index (χ0n) is 16.7. The molecule has 0 atom stereocenters. The number of rotatable bonds is 6. The van der Waals surface area contributed by atoms with Gasteiger partial charge in [0.05, 0.1) is 30.0 Å². The standard InChI is InChI=1S/C22H25N3O3S/c1-27-18-8-5-6-16(20(18)28-2)21(26)23-14-15-10-12-25(13-11-15)22-24-17-7-3-4-9-19(17)29-22/h3-9,15H,10-14H2,1-2H3,(H,23,26). The van der Waals surface area contributed by atoms with Gasteiger partial charge in [0.2, 0.25) is 0 Å². The number of ether oxygens (including phenoxy) is 2. The molecule has 29 heavy (non-hydrogen) atoms. The third-order valence-corrected chi connectivity index (χ3v) is 6.46. The Balaban J connectivity index is 1.33. The predicted molar refractivity (Wildman–Crippen MR) is 116 cm³/mol. The maximum atomic E-state index is 12.7. The van der Waals surface area contributed by atoms with Crippen LogP contribution in [0.2, 0.25) is 0 Å². The van der Waals surface area contributed by atoms with Crippen molar-refractivity contribution in [3.63, 3.8) is 0 Å². The number of piperidine rings is 1. The minimum atomic E-state index is -0.130. The van der Waals surface area contributed by atoms with Crippen molar-refractivity contribution in [3.05, 3.63) is 48.0 Å². The summed E-state index contributed by atoms with van der Waals surface area (Å²) in [5, 5.41) is 4.16. The Hall–Kier alpha value is -2.80. The maximum Gasteiger partial charge on any atom is 0.255 e. The van der Waals surface area contributed by atoms with Crippen LogP contribution >= 0.6 is 11.3 Å². The number of benzene rings is 2. The smallest absolute Gasteiger partial charge is 0.255 e. The van der Waals surface area contributed by atoms with Gasteiger partial charge in [-0.3, -0.25) is 4.79 Å². The van der Waals surface area contributed by atoms with Crippen LogP contribution in [0.3, 0.4) is 0 Å². The number of carbonyl (C=O) groups excluding carboxylic acids is 1. The molecule has 1 fully saturated rings.